The Morgan fingerprint density at radius 2 is 2.22 bits per heavy atom. The van der Waals surface area contributed by atoms with Gasteiger partial charge in [0.05, 0.1) is 14.2 Å². The van der Waals surface area contributed by atoms with Crippen LogP contribution in [0.4, 0.5) is 0 Å². The van der Waals surface area contributed by atoms with Crippen LogP contribution in [-0.4, -0.2) is 36.4 Å². The first kappa shape index (κ1) is 12.4. The lowest BCUT2D eigenvalue weighted by molar-refractivity contribution is -0.150. The number of carbonyl (C=O) groups is 1. The quantitative estimate of drug-likeness (QED) is 0.800. The second kappa shape index (κ2) is 5.10. The van der Waals surface area contributed by atoms with Crippen molar-refractivity contribution in [3.8, 4) is 5.75 Å². The first-order valence-corrected chi connectivity index (χ1v) is 5.56. The topological polar surface area (TPSA) is 71.5 Å². The summed E-state index contributed by atoms with van der Waals surface area (Å²) in [6.45, 7) is 0. The third-order valence-electron chi connectivity index (χ3n) is 2.86. The highest BCUT2D eigenvalue weighted by Gasteiger charge is 2.19. The monoisotopic (exact) mass is 249 g/mol. The van der Waals surface area contributed by atoms with E-state index < -0.39 is 12.1 Å². The summed E-state index contributed by atoms with van der Waals surface area (Å²) in [4.78, 5) is 14.3. The van der Waals surface area contributed by atoms with Gasteiger partial charge in [0, 0.05) is 23.5 Å². The fourth-order valence-corrected chi connectivity index (χ4v) is 1.98. The van der Waals surface area contributed by atoms with Crippen LogP contribution in [0.25, 0.3) is 10.9 Å². The van der Waals surface area contributed by atoms with Gasteiger partial charge in [-0.3, -0.25) is 0 Å². The Hall–Kier alpha value is -2.01. The molecule has 0 radical (unpaired) electrons. The molecule has 1 unspecified atom stereocenters. The molecule has 1 aromatic heterocycles. The predicted octanol–water partition coefficient (Wildman–Crippen LogP) is 1.25. The molecule has 18 heavy (non-hydrogen) atoms. The molecule has 0 aliphatic carbocycles. The molecule has 1 aromatic carbocycles. The van der Waals surface area contributed by atoms with Crippen LogP contribution < -0.4 is 4.74 Å². The summed E-state index contributed by atoms with van der Waals surface area (Å²) in [7, 11) is 2.84. The van der Waals surface area contributed by atoms with E-state index in [0.29, 0.717) is 5.75 Å². The highest BCUT2D eigenvalue weighted by molar-refractivity contribution is 5.90. The van der Waals surface area contributed by atoms with Crippen molar-refractivity contribution < 1.29 is 19.4 Å². The molecule has 0 saturated heterocycles. The number of nitrogens with one attached hydrogen (secondary N) is 1. The number of H-pyrrole nitrogens is 1. The van der Waals surface area contributed by atoms with Gasteiger partial charge in [-0.2, -0.15) is 0 Å². The molecule has 0 bridgehead atoms. The van der Waals surface area contributed by atoms with Crippen LogP contribution in [0.5, 0.6) is 5.75 Å². The summed E-state index contributed by atoms with van der Waals surface area (Å²) in [5.41, 5.74) is 1.72. The van der Waals surface area contributed by atoms with E-state index in [0.717, 1.165) is 16.5 Å². The molecular weight excluding hydrogens is 234 g/mol. The summed E-state index contributed by atoms with van der Waals surface area (Å²) in [6.07, 6.45) is 0.783. The molecule has 0 fully saturated rings. The van der Waals surface area contributed by atoms with Gasteiger partial charge in [-0.15, -0.1) is 0 Å². The van der Waals surface area contributed by atoms with Gasteiger partial charge in [-0.25, -0.2) is 4.79 Å². The van der Waals surface area contributed by atoms with E-state index in [1.807, 2.05) is 18.2 Å². The number of aromatic amines is 1. The molecule has 0 aliphatic heterocycles. The highest BCUT2D eigenvalue weighted by atomic mass is 16.5. The van der Waals surface area contributed by atoms with Crippen molar-refractivity contribution in [2.24, 2.45) is 0 Å². The summed E-state index contributed by atoms with van der Waals surface area (Å²) in [5, 5.41) is 10.6. The number of benzene rings is 1. The number of esters is 1. The molecule has 2 rings (SSSR count). The van der Waals surface area contributed by atoms with Crippen LogP contribution >= 0.6 is 0 Å². The number of hydrogen-bond donors (Lipinski definition) is 2. The molecule has 0 aliphatic rings. The van der Waals surface area contributed by atoms with Gasteiger partial charge in [0.1, 0.15) is 5.75 Å². The van der Waals surface area contributed by atoms with Gasteiger partial charge in [0.25, 0.3) is 0 Å². The minimum absolute atomic E-state index is 0.188. The molecule has 5 nitrogen and oxygen atoms in total. The lowest BCUT2D eigenvalue weighted by Gasteiger charge is -2.08. The van der Waals surface area contributed by atoms with Gasteiger partial charge in [0.15, 0.2) is 6.10 Å². The molecule has 0 amide bonds. The standard InChI is InChI=1S/C13H15NO4/c1-17-11-5-3-4-9-12(11)8(7-14-9)6-10(15)13(16)18-2/h3-5,7,10,14-15H,6H2,1-2H3. The summed E-state index contributed by atoms with van der Waals surface area (Å²) >= 11 is 0. The van der Waals surface area contributed by atoms with E-state index in [1.54, 1.807) is 13.3 Å². The Bertz CT molecular complexity index is 561. The van der Waals surface area contributed by atoms with Crippen LogP contribution in [0.15, 0.2) is 24.4 Å². The van der Waals surface area contributed by atoms with E-state index in [2.05, 4.69) is 9.72 Å². The molecule has 5 heteroatoms. The van der Waals surface area contributed by atoms with Crippen molar-refractivity contribution in [3.63, 3.8) is 0 Å². The van der Waals surface area contributed by atoms with Gasteiger partial charge in [-0.1, -0.05) is 6.07 Å². The lowest BCUT2D eigenvalue weighted by atomic mass is 10.1. The maximum absolute atomic E-state index is 11.2. The van der Waals surface area contributed by atoms with Gasteiger partial charge in [-0.05, 0) is 17.7 Å². The second-order valence-electron chi connectivity index (χ2n) is 3.94. The summed E-state index contributed by atoms with van der Waals surface area (Å²) in [5.74, 6) is 0.0695. The summed E-state index contributed by atoms with van der Waals surface area (Å²) < 4.78 is 9.78. The number of rotatable bonds is 4. The Kier molecular flexibility index (Phi) is 3.53. The molecule has 0 spiro atoms. The fourth-order valence-electron chi connectivity index (χ4n) is 1.98. The number of hydrogen-bond acceptors (Lipinski definition) is 4. The van der Waals surface area contributed by atoms with Crippen molar-refractivity contribution in [2.75, 3.05) is 14.2 Å². The Labute approximate surface area is 104 Å². The van der Waals surface area contributed by atoms with Crippen molar-refractivity contribution in [2.45, 2.75) is 12.5 Å². The number of methoxy groups -OCH3 is 2. The van der Waals surface area contributed by atoms with Crippen molar-refractivity contribution in [3.05, 3.63) is 30.0 Å². The minimum atomic E-state index is -1.17. The minimum Gasteiger partial charge on any atom is -0.496 e. The van der Waals surface area contributed by atoms with E-state index in [1.165, 1.54) is 7.11 Å². The molecule has 1 heterocycles. The van der Waals surface area contributed by atoms with Gasteiger partial charge in [0.2, 0.25) is 0 Å². The normalized spacial score (nSPS) is 12.4. The number of aromatic nitrogens is 1. The van der Waals surface area contributed by atoms with Crippen LogP contribution in [0.3, 0.4) is 0 Å². The Morgan fingerprint density at radius 1 is 1.44 bits per heavy atom. The zero-order valence-electron chi connectivity index (χ0n) is 10.3. The van der Waals surface area contributed by atoms with Gasteiger partial charge >= 0.3 is 5.97 Å². The third kappa shape index (κ3) is 2.17. The third-order valence-corrected chi connectivity index (χ3v) is 2.86. The van der Waals surface area contributed by atoms with E-state index >= 15 is 0 Å². The maximum atomic E-state index is 11.2. The Balaban J connectivity index is 2.37. The average Bonchev–Trinajstić information content (AvgIpc) is 2.81. The zero-order chi connectivity index (χ0) is 13.1. The number of fused-ring (bicyclic) bond motifs is 1. The van der Waals surface area contributed by atoms with Crippen LogP contribution in [-0.2, 0) is 16.0 Å². The first-order chi connectivity index (χ1) is 8.67. The predicted molar refractivity (Wildman–Crippen MR) is 66.6 cm³/mol. The molecular formula is C13H15NO4. The number of ether oxygens (including phenoxy) is 2. The van der Waals surface area contributed by atoms with E-state index in [4.69, 9.17) is 4.74 Å². The van der Waals surface area contributed by atoms with Gasteiger partial charge < -0.3 is 19.6 Å². The van der Waals surface area contributed by atoms with Crippen LogP contribution in [0.1, 0.15) is 5.56 Å². The molecule has 1 atom stereocenters. The van der Waals surface area contributed by atoms with Crippen molar-refractivity contribution in [1.82, 2.24) is 4.98 Å². The van der Waals surface area contributed by atoms with Crippen molar-refractivity contribution >= 4 is 16.9 Å². The molecule has 96 valence electrons. The van der Waals surface area contributed by atoms with E-state index in [9.17, 15) is 9.90 Å². The fraction of sp³-hybridized carbons (Fsp3) is 0.308. The first-order valence-electron chi connectivity index (χ1n) is 5.56. The van der Waals surface area contributed by atoms with Crippen LogP contribution in [0.2, 0.25) is 0 Å². The number of aliphatic hydroxyl groups is 1. The summed E-state index contributed by atoms with van der Waals surface area (Å²) in [6, 6.07) is 5.62. The zero-order valence-corrected chi connectivity index (χ0v) is 10.3. The largest absolute Gasteiger partial charge is 0.496 e. The average molecular weight is 249 g/mol. The smallest absolute Gasteiger partial charge is 0.335 e. The SMILES string of the molecule is COC(=O)C(O)Cc1c[nH]c2cccc(OC)c12. The number of carbonyl (C=O) groups excluding carboxylic acids is 1. The van der Waals surface area contributed by atoms with E-state index in [-0.39, 0.29) is 6.42 Å². The molecule has 2 N–H and O–H groups in total. The lowest BCUT2D eigenvalue weighted by Crippen LogP contribution is -2.23. The van der Waals surface area contributed by atoms with Crippen LogP contribution in [0, 0.1) is 0 Å². The Morgan fingerprint density at radius 3 is 2.89 bits per heavy atom. The second-order valence-corrected chi connectivity index (χ2v) is 3.94. The van der Waals surface area contributed by atoms with Crippen molar-refractivity contribution in [1.29, 1.82) is 0 Å². The number of aliphatic hydroxyl groups excluding tert-OH is 1. The molecule has 2 aromatic rings. The molecule has 0 saturated carbocycles. The maximum Gasteiger partial charge on any atom is 0.335 e. The highest BCUT2D eigenvalue weighted by Crippen LogP contribution is 2.29.